The molecular formula is C9H7F2NOS. The van der Waals surface area contributed by atoms with Crippen LogP contribution in [0.15, 0.2) is 24.3 Å². The summed E-state index contributed by atoms with van der Waals surface area (Å²) in [6.45, 7) is 0. The minimum Gasteiger partial charge on any atom is -0.347 e. The Hall–Kier alpha value is -1.23. The maximum absolute atomic E-state index is 12.6. The summed E-state index contributed by atoms with van der Waals surface area (Å²) in [5, 5.41) is 2.70. The first kappa shape index (κ1) is 9.33. The van der Waals surface area contributed by atoms with Gasteiger partial charge in [-0.2, -0.15) is 0 Å². The van der Waals surface area contributed by atoms with Gasteiger partial charge in [0, 0.05) is 5.69 Å². The van der Waals surface area contributed by atoms with Gasteiger partial charge in [-0.25, -0.2) is 13.0 Å². The maximum Gasteiger partial charge on any atom is 0.251 e. The highest BCUT2D eigenvalue weighted by atomic mass is 32.1. The second-order valence-electron chi connectivity index (χ2n) is 2.97. The van der Waals surface area contributed by atoms with Crippen molar-refractivity contribution >= 4 is 21.9 Å². The number of hydrogen-bond donors (Lipinski definition) is 1. The zero-order valence-corrected chi connectivity index (χ0v) is 7.85. The molecule has 0 aliphatic carbocycles. The lowest BCUT2D eigenvalue weighted by Gasteiger charge is -2.07. The fourth-order valence-corrected chi connectivity index (χ4v) is 2.04. The smallest absolute Gasteiger partial charge is 0.251 e. The molecular weight excluding hydrogens is 208 g/mol. The largest absolute Gasteiger partial charge is 0.347 e. The van der Waals surface area contributed by atoms with Gasteiger partial charge in [0.05, 0.1) is 5.92 Å². The van der Waals surface area contributed by atoms with Crippen LogP contribution in [0, 0.1) is 0 Å². The van der Waals surface area contributed by atoms with E-state index in [-0.39, 0.29) is 16.2 Å². The Kier molecular flexibility index (Phi) is 2.33. The second kappa shape index (κ2) is 3.49. The van der Waals surface area contributed by atoms with E-state index < -0.39 is 12.3 Å². The van der Waals surface area contributed by atoms with Crippen molar-refractivity contribution in [1.29, 1.82) is 0 Å². The normalized spacial score (nSPS) is 19.4. The van der Waals surface area contributed by atoms with E-state index in [0.717, 1.165) is 0 Å². The molecule has 0 bridgehead atoms. The summed E-state index contributed by atoms with van der Waals surface area (Å²) in [7, 11) is 0. The first-order chi connectivity index (χ1) is 6.74. The molecule has 1 N–H and O–H groups in total. The molecule has 1 aromatic carbocycles. The third-order valence-corrected chi connectivity index (χ3v) is 2.71. The second-order valence-corrected chi connectivity index (χ2v) is 3.58. The van der Waals surface area contributed by atoms with Crippen LogP contribution in [0.3, 0.4) is 0 Å². The van der Waals surface area contributed by atoms with Gasteiger partial charge >= 0.3 is 0 Å². The molecule has 0 fully saturated rings. The van der Waals surface area contributed by atoms with E-state index in [0.29, 0.717) is 11.3 Å². The predicted octanol–water partition coefficient (Wildman–Crippen LogP) is 1.80. The van der Waals surface area contributed by atoms with E-state index in [4.69, 9.17) is 0 Å². The van der Waals surface area contributed by atoms with E-state index in [1.54, 1.807) is 24.3 Å². The molecule has 74 valence electrons. The van der Waals surface area contributed by atoms with Crippen LogP contribution in [-0.2, 0) is 11.3 Å². The number of halogens is 2. The van der Waals surface area contributed by atoms with Gasteiger partial charge < -0.3 is 5.32 Å². The molecule has 0 saturated carbocycles. The van der Waals surface area contributed by atoms with Gasteiger partial charge in [-0.05, 0) is 11.6 Å². The van der Waals surface area contributed by atoms with Crippen molar-refractivity contribution in [3.8, 4) is 0 Å². The third kappa shape index (κ3) is 1.33. The zero-order chi connectivity index (χ0) is 10.1. The molecule has 2 nitrogen and oxygen atoms in total. The number of nitrogens with one attached hydrogen (secondary N) is 1. The van der Waals surface area contributed by atoms with Crippen molar-refractivity contribution < 1.29 is 13.0 Å². The first-order valence-electron chi connectivity index (χ1n) is 4.05. The van der Waals surface area contributed by atoms with Crippen molar-refractivity contribution in [3.05, 3.63) is 29.8 Å². The van der Waals surface area contributed by atoms with Crippen molar-refractivity contribution in [2.45, 2.75) is 12.3 Å². The van der Waals surface area contributed by atoms with Gasteiger partial charge in [-0.1, -0.05) is 18.2 Å². The van der Waals surface area contributed by atoms with E-state index in [1.165, 1.54) is 0 Å². The Balaban J connectivity index is 2.53. The number of para-hydroxylation sites is 1. The fraction of sp³-hybridized carbons (Fsp3) is 0.222. The van der Waals surface area contributed by atoms with E-state index in [2.05, 4.69) is 5.32 Å². The molecule has 1 aliphatic rings. The summed E-state index contributed by atoms with van der Waals surface area (Å²) >= 11 is 0.101. The summed E-state index contributed by atoms with van der Waals surface area (Å²) < 4.78 is 35.9. The van der Waals surface area contributed by atoms with Crippen LogP contribution < -0.4 is 5.32 Å². The SMILES string of the molecule is O=S=C1Nc2ccccc2C1C(F)F. The van der Waals surface area contributed by atoms with Crippen LogP contribution in [0.25, 0.3) is 0 Å². The highest BCUT2D eigenvalue weighted by Crippen LogP contribution is 2.36. The highest BCUT2D eigenvalue weighted by Gasteiger charge is 2.35. The Morgan fingerprint density at radius 1 is 1.36 bits per heavy atom. The molecule has 1 unspecified atom stereocenters. The predicted molar refractivity (Wildman–Crippen MR) is 52.0 cm³/mol. The molecule has 5 heteroatoms. The van der Waals surface area contributed by atoms with Gasteiger partial charge in [-0.15, -0.1) is 0 Å². The summed E-state index contributed by atoms with van der Waals surface area (Å²) in [4.78, 5) is 0.0844. The van der Waals surface area contributed by atoms with Crippen LogP contribution in [0.4, 0.5) is 14.5 Å². The van der Waals surface area contributed by atoms with E-state index in [1.807, 2.05) is 0 Å². The molecule has 1 heterocycles. The quantitative estimate of drug-likeness (QED) is 0.724. The lowest BCUT2D eigenvalue weighted by atomic mass is 10.0. The Labute approximate surface area is 83.0 Å². The lowest BCUT2D eigenvalue weighted by Crippen LogP contribution is -2.18. The fourth-order valence-electron chi connectivity index (χ4n) is 1.56. The molecule has 14 heavy (non-hydrogen) atoms. The van der Waals surface area contributed by atoms with Crippen molar-refractivity contribution in [2.75, 3.05) is 5.32 Å². The van der Waals surface area contributed by atoms with E-state index in [9.17, 15) is 13.0 Å². The van der Waals surface area contributed by atoms with Gasteiger partial charge in [0.25, 0.3) is 6.43 Å². The number of fused-ring (bicyclic) bond motifs is 1. The Morgan fingerprint density at radius 2 is 2.07 bits per heavy atom. The first-order valence-corrected chi connectivity index (χ1v) is 4.79. The number of rotatable bonds is 1. The maximum atomic E-state index is 12.6. The third-order valence-electron chi connectivity index (χ3n) is 2.18. The van der Waals surface area contributed by atoms with Gasteiger partial charge in [0.2, 0.25) is 0 Å². The van der Waals surface area contributed by atoms with Gasteiger partial charge in [-0.3, -0.25) is 0 Å². The molecule has 2 rings (SSSR count). The zero-order valence-electron chi connectivity index (χ0n) is 7.04. The average molecular weight is 215 g/mol. The summed E-state index contributed by atoms with van der Waals surface area (Å²) in [5.41, 5.74) is 1.11. The molecule has 1 atom stereocenters. The Bertz CT molecular complexity index is 415. The lowest BCUT2D eigenvalue weighted by molar-refractivity contribution is 0.140. The topological polar surface area (TPSA) is 29.1 Å². The van der Waals surface area contributed by atoms with Crippen LogP contribution in [0.5, 0.6) is 0 Å². The number of alkyl halides is 2. The summed E-state index contributed by atoms with van der Waals surface area (Å²) in [6, 6.07) is 6.73. The Morgan fingerprint density at radius 3 is 2.71 bits per heavy atom. The van der Waals surface area contributed by atoms with Crippen LogP contribution in [-0.4, -0.2) is 15.6 Å². The summed E-state index contributed by atoms with van der Waals surface area (Å²) in [5.74, 6) is -1.08. The van der Waals surface area contributed by atoms with Crippen LogP contribution in [0.2, 0.25) is 0 Å². The number of benzene rings is 1. The van der Waals surface area contributed by atoms with Gasteiger partial charge in [0.1, 0.15) is 16.2 Å². The number of hydrogen-bond acceptors (Lipinski definition) is 1. The molecule has 0 saturated heterocycles. The molecule has 1 aliphatic heterocycles. The molecule has 0 spiro atoms. The number of anilines is 1. The van der Waals surface area contributed by atoms with Crippen LogP contribution in [0.1, 0.15) is 11.5 Å². The highest BCUT2D eigenvalue weighted by molar-refractivity contribution is 7.67. The summed E-state index contributed by atoms with van der Waals surface area (Å²) in [6.07, 6.45) is -2.54. The molecule has 0 amide bonds. The van der Waals surface area contributed by atoms with Crippen molar-refractivity contribution in [1.82, 2.24) is 0 Å². The minimum absolute atomic E-state index is 0.0844. The molecule has 0 aromatic heterocycles. The van der Waals surface area contributed by atoms with Crippen molar-refractivity contribution in [3.63, 3.8) is 0 Å². The van der Waals surface area contributed by atoms with Crippen LogP contribution >= 0.6 is 0 Å². The standard InChI is InChI=1S/C9H7F2NOS/c10-8(11)7-5-3-1-2-4-6(5)12-9(7)14-13/h1-4,7-8,12H. The molecule has 1 aromatic rings. The van der Waals surface area contributed by atoms with Gasteiger partial charge in [0.15, 0.2) is 0 Å². The minimum atomic E-state index is -2.54. The molecule has 0 radical (unpaired) electrons. The van der Waals surface area contributed by atoms with E-state index >= 15 is 0 Å². The average Bonchev–Trinajstić information content (AvgIpc) is 2.55. The van der Waals surface area contributed by atoms with Crippen molar-refractivity contribution in [2.24, 2.45) is 0 Å². The monoisotopic (exact) mass is 215 g/mol.